The first-order chi connectivity index (χ1) is 14.1. The lowest BCUT2D eigenvalue weighted by molar-refractivity contribution is -0.133. The Morgan fingerprint density at radius 1 is 1.33 bits per heavy atom. The van der Waals surface area contributed by atoms with Crippen LogP contribution in [0.2, 0.25) is 10.0 Å². The Bertz CT molecular complexity index is 989. The van der Waals surface area contributed by atoms with Crippen LogP contribution in [0.15, 0.2) is 6.20 Å². The van der Waals surface area contributed by atoms with Crippen molar-refractivity contribution < 1.29 is 19.5 Å². The number of aromatic nitrogens is 2. The summed E-state index contributed by atoms with van der Waals surface area (Å²) in [5.74, 6) is -2.17. The zero-order valence-electron chi connectivity index (χ0n) is 16.5. The average Bonchev–Trinajstić information content (AvgIpc) is 3.29. The van der Waals surface area contributed by atoms with Crippen molar-refractivity contribution in [1.82, 2.24) is 20.2 Å². The van der Waals surface area contributed by atoms with E-state index >= 15 is 0 Å². The largest absolute Gasteiger partial charge is 0.477 e. The molecule has 2 aromatic rings. The number of carboxylic acids is 1. The molecule has 0 saturated carbocycles. The van der Waals surface area contributed by atoms with Crippen LogP contribution in [-0.2, 0) is 4.79 Å². The van der Waals surface area contributed by atoms with Crippen LogP contribution in [0, 0.1) is 12.8 Å². The molecule has 1 fully saturated rings. The average molecular weight is 474 g/mol. The van der Waals surface area contributed by atoms with Crippen LogP contribution in [-0.4, -0.2) is 71.0 Å². The van der Waals surface area contributed by atoms with Gasteiger partial charge in [0, 0.05) is 38.9 Å². The lowest BCUT2D eigenvalue weighted by Gasteiger charge is -2.38. The van der Waals surface area contributed by atoms with Crippen molar-refractivity contribution >= 4 is 57.5 Å². The van der Waals surface area contributed by atoms with Crippen LogP contribution in [0.5, 0.6) is 0 Å². The number of hydrogen-bond acceptors (Lipinski definition) is 6. The number of carbonyl (C=O) groups is 3. The molecule has 30 heavy (non-hydrogen) atoms. The van der Waals surface area contributed by atoms with E-state index in [1.54, 1.807) is 21.0 Å². The lowest BCUT2D eigenvalue weighted by atomic mass is 9.91. The van der Waals surface area contributed by atoms with Gasteiger partial charge in [0.2, 0.25) is 5.91 Å². The molecule has 0 radical (unpaired) electrons. The zero-order valence-corrected chi connectivity index (χ0v) is 18.9. The van der Waals surface area contributed by atoms with Gasteiger partial charge < -0.3 is 25.2 Å². The number of amides is 2. The highest BCUT2D eigenvalue weighted by Crippen LogP contribution is 2.31. The number of aromatic amines is 1. The predicted octanol–water partition coefficient (Wildman–Crippen LogP) is 2.50. The van der Waals surface area contributed by atoms with Crippen molar-refractivity contribution in [3.8, 4) is 0 Å². The number of rotatable bonds is 5. The van der Waals surface area contributed by atoms with Crippen LogP contribution in [0.25, 0.3) is 0 Å². The molecule has 0 unspecified atom stereocenters. The molecule has 1 aliphatic heterocycles. The second-order valence-electron chi connectivity index (χ2n) is 7.22. The van der Waals surface area contributed by atoms with E-state index in [0.29, 0.717) is 30.3 Å². The summed E-state index contributed by atoms with van der Waals surface area (Å²) in [6.45, 7) is 2.51. The predicted molar refractivity (Wildman–Crippen MR) is 115 cm³/mol. The number of aromatic carboxylic acids is 1. The van der Waals surface area contributed by atoms with E-state index < -0.39 is 23.8 Å². The molecule has 2 aromatic heterocycles. The standard InChI is InChI=1S/C18H21Cl2N5O4S/c1-8-12(19)13(20)14(22-8)15(26)23-10-4-5-25(7-9(10)16(27)24(2)3)18-21-6-11(30-18)17(28)29/h6,9-10,22H,4-5,7H2,1-3H3,(H,23,26)(H,28,29)/t9-,10+/m0/s1. The molecule has 0 bridgehead atoms. The second kappa shape index (κ2) is 8.83. The summed E-state index contributed by atoms with van der Waals surface area (Å²) in [5.41, 5.74) is 0.740. The smallest absolute Gasteiger partial charge is 0.347 e. The number of carbonyl (C=O) groups excluding carboxylic acids is 2. The Hall–Kier alpha value is -2.30. The minimum absolute atomic E-state index is 0.129. The Morgan fingerprint density at radius 3 is 2.57 bits per heavy atom. The molecule has 0 aliphatic carbocycles. The fraction of sp³-hybridized carbons (Fsp3) is 0.444. The Labute approximate surface area is 187 Å². The van der Waals surface area contributed by atoms with Crippen LogP contribution >= 0.6 is 34.5 Å². The number of thiazole rings is 1. The Kier molecular flexibility index (Phi) is 6.59. The molecule has 12 heteroatoms. The van der Waals surface area contributed by atoms with Gasteiger partial charge in [-0.1, -0.05) is 34.5 Å². The van der Waals surface area contributed by atoms with Crippen LogP contribution in [0.3, 0.4) is 0 Å². The number of nitrogens with one attached hydrogen (secondary N) is 2. The number of H-pyrrole nitrogens is 1. The molecule has 0 spiro atoms. The molecule has 3 N–H and O–H groups in total. The molecule has 9 nitrogen and oxygen atoms in total. The molecule has 2 atom stereocenters. The molecule has 3 heterocycles. The van der Waals surface area contributed by atoms with Crippen LogP contribution < -0.4 is 10.2 Å². The van der Waals surface area contributed by atoms with Crippen molar-refractivity contribution in [3.63, 3.8) is 0 Å². The molecular weight excluding hydrogens is 453 g/mol. The van der Waals surface area contributed by atoms with E-state index in [-0.39, 0.29) is 26.5 Å². The van der Waals surface area contributed by atoms with Gasteiger partial charge in [0.1, 0.15) is 10.6 Å². The maximum atomic E-state index is 12.8. The molecule has 3 rings (SSSR count). The maximum absolute atomic E-state index is 12.8. The number of piperidine rings is 1. The highest BCUT2D eigenvalue weighted by Gasteiger charge is 2.37. The fourth-order valence-electron chi connectivity index (χ4n) is 3.36. The van der Waals surface area contributed by atoms with Gasteiger partial charge in [-0.25, -0.2) is 9.78 Å². The fourth-order valence-corrected chi connectivity index (χ4v) is 4.57. The number of halogens is 2. The van der Waals surface area contributed by atoms with E-state index in [2.05, 4.69) is 15.3 Å². The number of hydrogen-bond donors (Lipinski definition) is 3. The Morgan fingerprint density at radius 2 is 2.03 bits per heavy atom. The number of carboxylic acid groups (broad SMARTS) is 1. The first kappa shape index (κ1) is 22.4. The van der Waals surface area contributed by atoms with Gasteiger partial charge in [-0.2, -0.15) is 0 Å². The quantitative estimate of drug-likeness (QED) is 0.613. The topological polar surface area (TPSA) is 119 Å². The molecule has 0 aromatic carbocycles. The minimum atomic E-state index is -1.04. The van der Waals surface area contributed by atoms with Crippen molar-refractivity contribution in [3.05, 3.63) is 32.5 Å². The van der Waals surface area contributed by atoms with Gasteiger partial charge in [-0.3, -0.25) is 9.59 Å². The molecule has 162 valence electrons. The summed E-state index contributed by atoms with van der Waals surface area (Å²) in [5, 5.41) is 13.0. The van der Waals surface area contributed by atoms with E-state index in [0.717, 1.165) is 11.3 Å². The van der Waals surface area contributed by atoms with Gasteiger partial charge >= 0.3 is 5.97 Å². The minimum Gasteiger partial charge on any atom is -0.477 e. The van der Waals surface area contributed by atoms with Crippen LogP contribution in [0.4, 0.5) is 5.13 Å². The second-order valence-corrected chi connectivity index (χ2v) is 8.98. The van der Waals surface area contributed by atoms with E-state index in [1.807, 2.05) is 4.90 Å². The summed E-state index contributed by atoms with van der Waals surface area (Å²) in [4.78, 5) is 47.2. The third kappa shape index (κ3) is 4.40. The van der Waals surface area contributed by atoms with Crippen molar-refractivity contribution in [2.24, 2.45) is 5.92 Å². The number of anilines is 1. The monoisotopic (exact) mass is 473 g/mol. The van der Waals surface area contributed by atoms with E-state index in [1.165, 1.54) is 11.1 Å². The molecule has 1 saturated heterocycles. The highest BCUT2D eigenvalue weighted by molar-refractivity contribution is 7.17. The Balaban J connectivity index is 1.80. The van der Waals surface area contributed by atoms with Gasteiger partial charge in [0.25, 0.3) is 5.91 Å². The highest BCUT2D eigenvalue weighted by atomic mass is 35.5. The van der Waals surface area contributed by atoms with Crippen LogP contribution in [0.1, 0.15) is 32.3 Å². The van der Waals surface area contributed by atoms with Gasteiger partial charge in [0.15, 0.2) is 5.13 Å². The van der Waals surface area contributed by atoms with Crippen molar-refractivity contribution in [2.45, 2.75) is 19.4 Å². The normalized spacial score (nSPS) is 18.9. The summed E-state index contributed by atoms with van der Waals surface area (Å²) in [6, 6.07) is -0.430. The maximum Gasteiger partial charge on any atom is 0.347 e. The summed E-state index contributed by atoms with van der Waals surface area (Å²) in [6.07, 6.45) is 1.78. The molecule has 1 aliphatic rings. The van der Waals surface area contributed by atoms with Crippen molar-refractivity contribution in [1.29, 1.82) is 0 Å². The number of nitrogens with zero attached hydrogens (tertiary/aromatic N) is 3. The van der Waals surface area contributed by atoms with Gasteiger partial charge in [-0.15, -0.1) is 0 Å². The third-order valence-electron chi connectivity index (χ3n) is 4.94. The first-order valence-corrected chi connectivity index (χ1v) is 10.7. The molecule has 2 amide bonds. The summed E-state index contributed by atoms with van der Waals surface area (Å²) in [7, 11) is 3.30. The number of aryl methyl sites for hydroxylation is 1. The van der Waals surface area contributed by atoms with E-state index in [9.17, 15) is 14.4 Å². The third-order valence-corrected chi connectivity index (χ3v) is 6.94. The lowest BCUT2D eigenvalue weighted by Crippen LogP contribution is -2.55. The van der Waals surface area contributed by atoms with Gasteiger partial charge in [-0.05, 0) is 13.3 Å². The SMILES string of the molecule is Cc1[nH]c(C(=O)N[C@@H]2CCN(c3ncc(C(=O)O)s3)C[C@@H]2C(=O)N(C)C)c(Cl)c1Cl. The van der Waals surface area contributed by atoms with Crippen molar-refractivity contribution in [2.75, 3.05) is 32.1 Å². The van der Waals surface area contributed by atoms with Gasteiger partial charge in [0.05, 0.1) is 22.2 Å². The summed E-state index contributed by atoms with van der Waals surface area (Å²) < 4.78 is 0. The zero-order chi connectivity index (χ0) is 22.2. The first-order valence-electron chi connectivity index (χ1n) is 9.09. The van der Waals surface area contributed by atoms with E-state index in [4.69, 9.17) is 28.3 Å². The molecular formula is C18H21Cl2N5O4S. The summed E-state index contributed by atoms with van der Waals surface area (Å²) >= 11 is 13.3.